The van der Waals surface area contributed by atoms with Crippen molar-refractivity contribution in [1.82, 2.24) is 4.98 Å². The first kappa shape index (κ1) is 14.7. The zero-order valence-corrected chi connectivity index (χ0v) is 12.4. The van der Waals surface area contributed by atoms with Crippen molar-refractivity contribution >= 4 is 43.2 Å². The second-order valence-corrected chi connectivity index (χ2v) is 7.41. The minimum absolute atomic E-state index is 0.0899. The van der Waals surface area contributed by atoms with Crippen LogP contribution in [0.2, 0.25) is 0 Å². The van der Waals surface area contributed by atoms with E-state index in [1.54, 1.807) is 18.2 Å². The average Bonchev–Trinajstić information content (AvgIpc) is 2.66. The van der Waals surface area contributed by atoms with Crippen molar-refractivity contribution in [2.24, 2.45) is 0 Å². The molecule has 0 aliphatic carbocycles. The van der Waals surface area contributed by atoms with Crippen LogP contribution in [0.25, 0.3) is 10.2 Å². The maximum atomic E-state index is 11.8. The number of hydrogen-bond donors (Lipinski definition) is 2. The van der Waals surface area contributed by atoms with Gasteiger partial charge < -0.3 is 5.11 Å². The van der Waals surface area contributed by atoms with Crippen LogP contribution in [0.5, 0.6) is 0 Å². The Balaban J connectivity index is 2.08. The molecule has 108 valence electrons. The number of rotatable bonds is 6. The molecule has 2 N–H and O–H groups in total. The number of aryl methyl sites for hydroxylation is 1. The normalized spacial score (nSPS) is 11.7. The summed E-state index contributed by atoms with van der Waals surface area (Å²) >= 11 is 1.49. The first-order valence-electron chi connectivity index (χ1n) is 5.95. The van der Waals surface area contributed by atoms with Gasteiger partial charge in [0.25, 0.3) is 0 Å². The second kappa shape index (κ2) is 5.76. The molecule has 0 spiro atoms. The molecule has 1 aromatic heterocycles. The molecule has 20 heavy (non-hydrogen) atoms. The van der Waals surface area contributed by atoms with Crippen LogP contribution in [0.15, 0.2) is 18.2 Å². The minimum Gasteiger partial charge on any atom is -0.481 e. The van der Waals surface area contributed by atoms with Crippen LogP contribution in [0.1, 0.15) is 17.8 Å². The topological polar surface area (TPSA) is 96.4 Å². The summed E-state index contributed by atoms with van der Waals surface area (Å²) in [6.07, 6.45) is -0.0689. The lowest BCUT2D eigenvalue weighted by Gasteiger charge is -2.07. The fraction of sp³-hybridized carbons (Fsp3) is 0.333. The number of carboxylic acids is 1. The number of sulfonamides is 1. The number of aromatic nitrogens is 1. The van der Waals surface area contributed by atoms with Gasteiger partial charge in [-0.2, -0.15) is 0 Å². The number of hydrogen-bond acceptors (Lipinski definition) is 5. The molecule has 0 aliphatic heterocycles. The summed E-state index contributed by atoms with van der Waals surface area (Å²) in [5.41, 5.74) is 1.30. The molecule has 0 saturated carbocycles. The number of carboxylic acid groups (broad SMARTS) is 1. The van der Waals surface area contributed by atoms with Crippen LogP contribution in [0.3, 0.4) is 0 Å². The van der Waals surface area contributed by atoms with Crippen molar-refractivity contribution in [1.29, 1.82) is 0 Å². The number of thiazole rings is 1. The molecule has 2 aromatic rings. The number of anilines is 1. The van der Waals surface area contributed by atoms with E-state index in [9.17, 15) is 13.2 Å². The molecule has 0 radical (unpaired) electrons. The fourth-order valence-corrected chi connectivity index (χ4v) is 3.73. The summed E-state index contributed by atoms with van der Waals surface area (Å²) in [4.78, 5) is 14.7. The van der Waals surface area contributed by atoms with E-state index in [1.165, 1.54) is 11.3 Å². The van der Waals surface area contributed by atoms with E-state index in [0.717, 1.165) is 15.2 Å². The molecule has 1 aromatic carbocycles. The predicted molar refractivity (Wildman–Crippen MR) is 78.6 cm³/mol. The highest BCUT2D eigenvalue weighted by Gasteiger charge is 2.12. The summed E-state index contributed by atoms with van der Waals surface area (Å²) in [5.74, 6) is -1.21. The third-order valence-corrected chi connectivity index (χ3v) is 4.88. The second-order valence-electron chi connectivity index (χ2n) is 4.33. The Bertz CT molecular complexity index is 737. The molecular weight excluding hydrogens is 300 g/mol. The summed E-state index contributed by atoms with van der Waals surface area (Å²) < 4.78 is 27.0. The SMILES string of the molecule is Cc1nc2ccc(NS(=O)(=O)CCCC(=O)O)cc2s1. The van der Waals surface area contributed by atoms with Gasteiger partial charge in [0.1, 0.15) is 0 Å². The molecule has 1 heterocycles. The smallest absolute Gasteiger partial charge is 0.303 e. The molecule has 2 rings (SSSR count). The van der Waals surface area contributed by atoms with Crippen LogP contribution in [0.4, 0.5) is 5.69 Å². The molecule has 0 bridgehead atoms. The predicted octanol–water partition coefficient (Wildman–Crippen LogP) is 2.21. The van der Waals surface area contributed by atoms with Gasteiger partial charge in [-0.05, 0) is 31.5 Å². The van der Waals surface area contributed by atoms with Gasteiger partial charge in [0.15, 0.2) is 0 Å². The molecule has 0 unspecified atom stereocenters. The van der Waals surface area contributed by atoms with E-state index < -0.39 is 16.0 Å². The van der Waals surface area contributed by atoms with Gasteiger partial charge >= 0.3 is 5.97 Å². The van der Waals surface area contributed by atoms with Gasteiger partial charge in [0.05, 0.1) is 26.7 Å². The Labute approximate surface area is 120 Å². The van der Waals surface area contributed by atoms with Crippen molar-refractivity contribution < 1.29 is 18.3 Å². The maximum Gasteiger partial charge on any atom is 0.303 e. The first-order chi connectivity index (χ1) is 9.35. The Morgan fingerprint density at radius 3 is 2.90 bits per heavy atom. The van der Waals surface area contributed by atoms with Gasteiger partial charge in [-0.1, -0.05) is 0 Å². The van der Waals surface area contributed by atoms with Crippen LogP contribution in [-0.2, 0) is 14.8 Å². The van der Waals surface area contributed by atoms with E-state index in [-0.39, 0.29) is 18.6 Å². The Morgan fingerprint density at radius 1 is 1.45 bits per heavy atom. The van der Waals surface area contributed by atoms with Gasteiger partial charge in [-0.25, -0.2) is 13.4 Å². The standard InChI is InChI=1S/C12H14N2O4S2/c1-8-13-10-5-4-9(7-11(10)19-8)14-20(17,18)6-2-3-12(15)16/h4-5,7,14H,2-3,6H2,1H3,(H,15,16). The van der Waals surface area contributed by atoms with E-state index in [2.05, 4.69) is 9.71 Å². The lowest BCUT2D eigenvalue weighted by Crippen LogP contribution is -2.17. The summed E-state index contributed by atoms with van der Waals surface area (Å²) in [5, 5.41) is 9.42. The lowest BCUT2D eigenvalue weighted by molar-refractivity contribution is -0.137. The fourth-order valence-electron chi connectivity index (χ4n) is 1.75. The van der Waals surface area contributed by atoms with E-state index in [1.807, 2.05) is 6.92 Å². The molecule has 6 nitrogen and oxygen atoms in total. The summed E-state index contributed by atoms with van der Waals surface area (Å²) in [7, 11) is -3.52. The van der Waals surface area contributed by atoms with Gasteiger partial charge in [-0.3, -0.25) is 9.52 Å². The van der Waals surface area contributed by atoms with Crippen molar-refractivity contribution in [2.75, 3.05) is 10.5 Å². The molecular formula is C12H14N2O4S2. The van der Waals surface area contributed by atoms with Crippen molar-refractivity contribution in [2.45, 2.75) is 19.8 Å². The van der Waals surface area contributed by atoms with E-state index in [4.69, 9.17) is 5.11 Å². The third-order valence-electron chi connectivity index (χ3n) is 2.57. The molecule has 0 aliphatic rings. The van der Waals surface area contributed by atoms with Crippen LogP contribution >= 0.6 is 11.3 Å². The zero-order valence-electron chi connectivity index (χ0n) is 10.8. The highest BCUT2D eigenvalue weighted by Crippen LogP contribution is 2.25. The number of aliphatic carboxylic acids is 1. The van der Waals surface area contributed by atoms with Gasteiger partial charge in [-0.15, -0.1) is 11.3 Å². The van der Waals surface area contributed by atoms with E-state index >= 15 is 0 Å². The van der Waals surface area contributed by atoms with Crippen LogP contribution in [-0.4, -0.2) is 30.2 Å². The number of benzene rings is 1. The monoisotopic (exact) mass is 314 g/mol. The minimum atomic E-state index is -3.52. The number of fused-ring (bicyclic) bond motifs is 1. The third kappa shape index (κ3) is 3.91. The van der Waals surface area contributed by atoms with Crippen LogP contribution in [0, 0.1) is 6.92 Å². The molecule has 8 heteroatoms. The summed E-state index contributed by atoms with van der Waals surface area (Å²) in [6, 6.07) is 5.14. The van der Waals surface area contributed by atoms with Crippen molar-refractivity contribution in [3.05, 3.63) is 23.2 Å². The maximum absolute atomic E-state index is 11.8. The molecule has 0 fully saturated rings. The Hall–Kier alpha value is -1.67. The molecule has 0 atom stereocenters. The molecule has 0 saturated heterocycles. The Kier molecular flexibility index (Phi) is 4.24. The zero-order chi connectivity index (χ0) is 14.8. The van der Waals surface area contributed by atoms with E-state index in [0.29, 0.717) is 5.69 Å². The van der Waals surface area contributed by atoms with Crippen molar-refractivity contribution in [3.8, 4) is 0 Å². The van der Waals surface area contributed by atoms with Gasteiger partial charge in [0, 0.05) is 6.42 Å². The largest absolute Gasteiger partial charge is 0.481 e. The van der Waals surface area contributed by atoms with Crippen LogP contribution < -0.4 is 4.72 Å². The summed E-state index contributed by atoms with van der Waals surface area (Å²) in [6.45, 7) is 1.89. The van der Waals surface area contributed by atoms with Gasteiger partial charge in [0.2, 0.25) is 10.0 Å². The lowest BCUT2D eigenvalue weighted by atomic mass is 10.3. The average molecular weight is 314 g/mol. The molecule has 0 amide bonds. The quantitative estimate of drug-likeness (QED) is 0.852. The highest BCUT2D eigenvalue weighted by molar-refractivity contribution is 7.92. The van der Waals surface area contributed by atoms with Crippen molar-refractivity contribution in [3.63, 3.8) is 0 Å². The first-order valence-corrected chi connectivity index (χ1v) is 8.42. The number of carbonyl (C=O) groups is 1. The number of nitrogens with zero attached hydrogens (tertiary/aromatic N) is 1. The number of nitrogens with one attached hydrogen (secondary N) is 1. The Morgan fingerprint density at radius 2 is 2.20 bits per heavy atom. The highest BCUT2D eigenvalue weighted by atomic mass is 32.2.